The van der Waals surface area contributed by atoms with Crippen LogP contribution in [0.2, 0.25) is 0 Å². The third kappa shape index (κ3) is 6.79. The van der Waals surface area contributed by atoms with Crippen LogP contribution >= 0.6 is 0 Å². The number of amides is 2. The lowest BCUT2D eigenvalue weighted by Crippen LogP contribution is -2.29. The molecule has 0 spiro atoms. The SMILES string of the molecule is CC(=O)NCCC(=O)NCc1ccc(C)cc1OC(C)C. The summed E-state index contributed by atoms with van der Waals surface area (Å²) < 4.78 is 5.76. The molecule has 0 bridgehead atoms. The Labute approximate surface area is 126 Å². The average molecular weight is 292 g/mol. The van der Waals surface area contributed by atoms with Crippen molar-refractivity contribution in [2.24, 2.45) is 0 Å². The number of ether oxygens (including phenoxy) is 1. The minimum atomic E-state index is -0.131. The van der Waals surface area contributed by atoms with E-state index in [4.69, 9.17) is 4.74 Å². The highest BCUT2D eigenvalue weighted by Crippen LogP contribution is 2.21. The van der Waals surface area contributed by atoms with Gasteiger partial charge in [0.25, 0.3) is 0 Å². The second kappa shape index (κ2) is 8.29. The van der Waals surface area contributed by atoms with E-state index in [1.807, 2.05) is 39.0 Å². The molecule has 116 valence electrons. The Morgan fingerprint density at radius 2 is 1.95 bits per heavy atom. The number of hydrogen-bond acceptors (Lipinski definition) is 3. The van der Waals surface area contributed by atoms with E-state index in [2.05, 4.69) is 10.6 Å². The number of carbonyl (C=O) groups is 2. The first-order chi connectivity index (χ1) is 9.88. The summed E-state index contributed by atoms with van der Waals surface area (Å²) in [4.78, 5) is 22.4. The summed E-state index contributed by atoms with van der Waals surface area (Å²) in [5.41, 5.74) is 2.06. The van der Waals surface area contributed by atoms with E-state index >= 15 is 0 Å². The van der Waals surface area contributed by atoms with Gasteiger partial charge in [0.15, 0.2) is 0 Å². The molecule has 0 saturated heterocycles. The zero-order chi connectivity index (χ0) is 15.8. The molecule has 0 fully saturated rings. The molecule has 0 aliphatic carbocycles. The minimum absolute atomic E-state index is 0.0843. The molecule has 0 radical (unpaired) electrons. The zero-order valence-corrected chi connectivity index (χ0v) is 13.2. The first-order valence-corrected chi connectivity index (χ1v) is 7.16. The van der Waals surface area contributed by atoms with Crippen molar-refractivity contribution in [2.45, 2.75) is 46.8 Å². The molecule has 2 amide bonds. The summed E-state index contributed by atoms with van der Waals surface area (Å²) in [6.45, 7) is 8.14. The van der Waals surface area contributed by atoms with Crippen LogP contribution in [0.5, 0.6) is 5.75 Å². The van der Waals surface area contributed by atoms with Crippen LogP contribution in [0, 0.1) is 6.92 Å². The van der Waals surface area contributed by atoms with Gasteiger partial charge in [-0.05, 0) is 32.4 Å². The number of nitrogens with one attached hydrogen (secondary N) is 2. The van der Waals surface area contributed by atoms with Gasteiger partial charge in [-0.1, -0.05) is 12.1 Å². The van der Waals surface area contributed by atoms with E-state index in [1.165, 1.54) is 6.92 Å². The Morgan fingerprint density at radius 3 is 2.57 bits per heavy atom. The molecule has 0 unspecified atom stereocenters. The maximum absolute atomic E-state index is 11.7. The fourth-order valence-corrected chi connectivity index (χ4v) is 1.81. The largest absolute Gasteiger partial charge is 0.491 e. The van der Waals surface area contributed by atoms with E-state index in [0.29, 0.717) is 13.1 Å². The lowest BCUT2D eigenvalue weighted by Gasteiger charge is -2.15. The molecule has 0 aliphatic rings. The van der Waals surface area contributed by atoms with Crippen molar-refractivity contribution in [3.05, 3.63) is 29.3 Å². The van der Waals surface area contributed by atoms with Gasteiger partial charge in [-0.15, -0.1) is 0 Å². The fourth-order valence-electron chi connectivity index (χ4n) is 1.81. The van der Waals surface area contributed by atoms with Crippen LogP contribution in [0.15, 0.2) is 18.2 Å². The topological polar surface area (TPSA) is 67.4 Å². The standard InChI is InChI=1S/C16H24N2O3/c1-11(2)21-15-9-12(3)5-6-14(15)10-18-16(20)7-8-17-13(4)19/h5-6,9,11H,7-8,10H2,1-4H3,(H,17,19)(H,18,20). The third-order valence-electron chi connectivity index (χ3n) is 2.79. The van der Waals surface area contributed by atoms with E-state index in [-0.39, 0.29) is 24.3 Å². The third-order valence-corrected chi connectivity index (χ3v) is 2.79. The van der Waals surface area contributed by atoms with Crippen molar-refractivity contribution in [3.63, 3.8) is 0 Å². The molecule has 21 heavy (non-hydrogen) atoms. The van der Waals surface area contributed by atoms with Crippen molar-refractivity contribution < 1.29 is 14.3 Å². The lowest BCUT2D eigenvalue weighted by molar-refractivity contribution is -0.121. The van der Waals surface area contributed by atoms with Gasteiger partial charge in [-0.2, -0.15) is 0 Å². The van der Waals surface area contributed by atoms with Crippen LogP contribution in [-0.2, 0) is 16.1 Å². The van der Waals surface area contributed by atoms with Crippen molar-refractivity contribution in [1.82, 2.24) is 10.6 Å². The quantitative estimate of drug-likeness (QED) is 0.807. The van der Waals surface area contributed by atoms with E-state index < -0.39 is 0 Å². The summed E-state index contributed by atoms with van der Waals surface area (Å²) in [5.74, 6) is 0.570. The average Bonchev–Trinajstić information content (AvgIpc) is 2.36. The molecule has 1 aromatic rings. The fraction of sp³-hybridized carbons (Fsp3) is 0.500. The van der Waals surface area contributed by atoms with E-state index in [9.17, 15) is 9.59 Å². The molecule has 5 nitrogen and oxygen atoms in total. The number of carbonyl (C=O) groups excluding carboxylic acids is 2. The zero-order valence-electron chi connectivity index (χ0n) is 13.2. The van der Waals surface area contributed by atoms with Gasteiger partial charge in [0, 0.05) is 32.0 Å². The van der Waals surface area contributed by atoms with Crippen LogP contribution in [-0.4, -0.2) is 24.5 Å². The van der Waals surface area contributed by atoms with E-state index in [1.54, 1.807) is 0 Å². The maximum atomic E-state index is 11.7. The summed E-state index contributed by atoms with van der Waals surface area (Å²) in [5, 5.41) is 5.43. The van der Waals surface area contributed by atoms with E-state index in [0.717, 1.165) is 16.9 Å². The number of aryl methyl sites for hydroxylation is 1. The van der Waals surface area contributed by atoms with Crippen LogP contribution in [0.4, 0.5) is 0 Å². The smallest absolute Gasteiger partial charge is 0.222 e. The van der Waals surface area contributed by atoms with Crippen LogP contribution in [0.25, 0.3) is 0 Å². The van der Waals surface area contributed by atoms with Crippen LogP contribution < -0.4 is 15.4 Å². The van der Waals surface area contributed by atoms with Crippen molar-refractivity contribution in [1.29, 1.82) is 0 Å². The predicted molar refractivity (Wildman–Crippen MR) is 82.1 cm³/mol. The highest BCUT2D eigenvalue weighted by atomic mass is 16.5. The Hall–Kier alpha value is -2.04. The Morgan fingerprint density at radius 1 is 1.24 bits per heavy atom. The molecule has 1 aromatic carbocycles. The van der Waals surface area contributed by atoms with Gasteiger partial charge < -0.3 is 15.4 Å². The second-order valence-electron chi connectivity index (χ2n) is 5.29. The van der Waals surface area contributed by atoms with Crippen LogP contribution in [0.3, 0.4) is 0 Å². The summed E-state index contributed by atoms with van der Waals surface area (Å²) >= 11 is 0. The highest BCUT2D eigenvalue weighted by Gasteiger charge is 2.08. The molecule has 0 saturated carbocycles. The molecule has 0 aromatic heterocycles. The Bertz CT molecular complexity index is 498. The van der Waals surface area contributed by atoms with Crippen molar-refractivity contribution in [3.8, 4) is 5.75 Å². The van der Waals surface area contributed by atoms with Crippen molar-refractivity contribution in [2.75, 3.05) is 6.54 Å². The maximum Gasteiger partial charge on any atom is 0.222 e. The molecule has 1 rings (SSSR count). The molecule has 0 aliphatic heterocycles. The molecule has 2 N–H and O–H groups in total. The van der Waals surface area contributed by atoms with Gasteiger partial charge in [-0.3, -0.25) is 9.59 Å². The highest BCUT2D eigenvalue weighted by molar-refractivity contribution is 5.77. The molecular formula is C16H24N2O3. The number of rotatable bonds is 7. The summed E-state index contributed by atoms with van der Waals surface area (Å²) in [6.07, 6.45) is 0.354. The monoisotopic (exact) mass is 292 g/mol. The van der Waals surface area contributed by atoms with Crippen LogP contribution in [0.1, 0.15) is 38.3 Å². The normalized spacial score (nSPS) is 10.3. The summed E-state index contributed by atoms with van der Waals surface area (Å²) in [6, 6.07) is 5.92. The lowest BCUT2D eigenvalue weighted by atomic mass is 10.1. The predicted octanol–water partition coefficient (Wildman–Crippen LogP) is 1.92. The second-order valence-corrected chi connectivity index (χ2v) is 5.29. The molecule has 0 heterocycles. The molecule has 5 heteroatoms. The minimum Gasteiger partial charge on any atom is -0.491 e. The molecule has 0 atom stereocenters. The Kier molecular flexibility index (Phi) is 6.72. The first-order valence-electron chi connectivity index (χ1n) is 7.16. The Balaban J connectivity index is 2.54. The number of hydrogen-bond donors (Lipinski definition) is 2. The van der Waals surface area contributed by atoms with Gasteiger partial charge in [-0.25, -0.2) is 0 Å². The van der Waals surface area contributed by atoms with Gasteiger partial charge >= 0.3 is 0 Å². The van der Waals surface area contributed by atoms with Gasteiger partial charge in [0.1, 0.15) is 5.75 Å². The van der Waals surface area contributed by atoms with Gasteiger partial charge in [0.2, 0.25) is 11.8 Å². The van der Waals surface area contributed by atoms with Crippen molar-refractivity contribution >= 4 is 11.8 Å². The van der Waals surface area contributed by atoms with Gasteiger partial charge in [0.05, 0.1) is 6.10 Å². The first kappa shape index (κ1) is 17.0. The number of benzene rings is 1. The molecular weight excluding hydrogens is 268 g/mol. The summed E-state index contributed by atoms with van der Waals surface area (Å²) in [7, 11) is 0.